The minimum atomic E-state index is -4.68. The fourth-order valence-electron chi connectivity index (χ4n) is 9.68. The molecule has 0 radical (unpaired) electrons. The van der Waals surface area contributed by atoms with Crippen LogP contribution < -0.4 is 129 Å². The number of benzene rings is 8. The standard InChI is InChI=1S/C56H30N8O6S6.ClH.In.4Na/c65-75(66,67)35-23-19-33(20-24-35)73-43-29-27-41(71-31-11-3-1-4-12-31)45-47(43)55-61-51-39-17-9-10-18-40(39)52(58-51)62-56-48-44(74-34-21-25-36(26-22-34)76(68,69)70)30-28-42(72-32-13-5-2-6-14-32)46(48)54(64-56)60-50-38-16-8-7-15-37(38)49(57-50)59-53(45)63-55;;;;;;/h3-30H,(H2-2,57,58,59,60,61,62,63,64,65,66,67,68,69,70);1H;;;;;/q-4;;+3;4*+1/p-3. The molecule has 10 aromatic rings. The molecule has 4 aliphatic rings. The first kappa shape index (κ1) is 62.5. The van der Waals surface area contributed by atoms with Crippen LogP contribution in [0.2, 0.25) is 0 Å². The minimum Gasteiger partial charge on any atom is 1.00 e. The van der Waals surface area contributed by atoms with E-state index in [2.05, 4.69) is 17.2 Å². The van der Waals surface area contributed by atoms with E-state index in [0.29, 0.717) is 66.9 Å². The Kier molecular flexibility index (Phi) is 19.3. The van der Waals surface area contributed by atoms with E-state index in [-0.39, 0.29) is 128 Å². The van der Waals surface area contributed by atoms with Gasteiger partial charge in [-0.15, -0.1) is 0 Å². The predicted molar refractivity (Wildman–Crippen MR) is 303 cm³/mol. The van der Waals surface area contributed by atoms with Crippen molar-refractivity contribution in [2.45, 2.75) is 49.0 Å². The maximum Gasteiger partial charge on any atom is 1.00 e. The maximum absolute atomic E-state index is 12.0. The molecule has 0 atom stereocenters. The van der Waals surface area contributed by atoms with Crippen molar-refractivity contribution in [3.63, 3.8) is 0 Å². The van der Waals surface area contributed by atoms with Gasteiger partial charge in [0.25, 0.3) is 0 Å². The van der Waals surface area contributed by atoms with E-state index in [1.54, 1.807) is 47.8 Å². The molecule has 8 aromatic carbocycles. The molecule has 0 fully saturated rings. The van der Waals surface area contributed by atoms with Gasteiger partial charge in [0.2, 0.25) is 0 Å². The van der Waals surface area contributed by atoms with Crippen LogP contribution in [0.3, 0.4) is 0 Å². The van der Waals surface area contributed by atoms with E-state index >= 15 is 0 Å². The molecule has 0 saturated heterocycles. The van der Waals surface area contributed by atoms with E-state index in [1.165, 1.54) is 47.8 Å². The van der Waals surface area contributed by atoms with Crippen LogP contribution >= 0.6 is 55.6 Å². The predicted octanol–water partition coefficient (Wildman–Crippen LogP) is -0.811. The SMILES string of the molecule is O=S(=O)([O-])c1ccc(Sc2ccc(Sc3cc[c-]cc3)c3c2C2=Nc4c5ccccc5c5[n]4[In]([Cl])[n]4c(c6ccccc6c4=NC4=NC(=N5)c5c(Sc6ccc(S(=O)(=O)[O-])cc6)ccc(Sc6cc[c-]cc6)c54)=NC3=N2)cc1.[Na+].[Na+].[Na+].[Na+]. The first-order chi connectivity index (χ1) is 37.8. The third-order valence-corrected chi connectivity index (χ3v) is 26.9. The Hall–Kier alpha value is -2.50. The first-order valence-electron chi connectivity index (χ1n) is 23.6. The monoisotopic (exact) mass is 1340 g/mol. The van der Waals surface area contributed by atoms with Gasteiger partial charge in [-0.05, 0) is 0 Å². The van der Waals surface area contributed by atoms with Crippen molar-refractivity contribution in [3.8, 4) is 0 Å². The summed E-state index contributed by atoms with van der Waals surface area (Å²) in [5.74, 6) is 2.59. The molecule has 26 heteroatoms. The van der Waals surface area contributed by atoms with Crippen molar-refractivity contribution >= 4 is 153 Å². The molecule has 0 saturated carbocycles. The average Bonchev–Trinajstić information content (AvgIpc) is 3.54. The second kappa shape index (κ2) is 25.3. The second-order valence-electron chi connectivity index (χ2n) is 17.8. The Bertz CT molecular complexity index is 4480. The van der Waals surface area contributed by atoms with Crippen LogP contribution in [0.4, 0.5) is 11.6 Å². The summed E-state index contributed by atoms with van der Waals surface area (Å²) in [6.45, 7) is 0. The quantitative estimate of drug-likeness (QED) is 0.0949. The zero-order chi connectivity index (χ0) is 53.0. The molecule has 4 aliphatic heterocycles. The van der Waals surface area contributed by atoms with E-state index in [0.717, 1.165) is 62.0 Å². The molecular formula is C56H28ClInN8Na4O6S6. The van der Waals surface area contributed by atoms with Crippen LogP contribution in [-0.4, -0.2) is 75.2 Å². The summed E-state index contributed by atoms with van der Waals surface area (Å²) < 4.78 is 75.9. The molecular weight excluding hydrogens is 1320 g/mol. The molecule has 0 unspecified atom stereocenters. The summed E-state index contributed by atoms with van der Waals surface area (Å²) in [4.78, 5) is 38.9. The average molecular weight is 1340 g/mol. The summed E-state index contributed by atoms with van der Waals surface area (Å²) in [5.41, 5.74) is 3.94. The van der Waals surface area contributed by atoms with Gasteiger partial charge in [0.05, 0.1) is 0 Å². The van der Waals surface area contributed by atoms with E-state index in [1.807, 2.05) is 121 Å². The molecule has 2 aromatic heterocycles. The van der Waals surface area contributed by atoms with Gasteiger partial charge in [-0.2, -0.15) is 0 Å². The van der Waals surface area contributed by atoms with Gasteiger partial charge >= 0.3 is 571 Å². The van der Waals surface area contributed by atoms with Crippen molar-refractivity contribution in [1.29, 1.82) is 0 Å². The molecule has 0 N–H and O–H groups in total. The Morgan fingerprint density at radius 1 is 0.390 bits per heavy atom. The fraction of sp³-hybridized carbons (Fsp3) is 0. The van der Waals surface area contributed by atoms with Gasteiger partial charge in [0, 0.05) is 0 Å². The topological polar surface area (TPSA) is 198 Å². The summed E-state index contributed by atoms with van der Waals surface area (Å²) in [6, 6.07) is 57.1. The molecule has 378 valence electrons. The van der Waals surface area contributed by atoms with Crippen LogP contribution in [0.15, 0.2) is 249 Å². The number of hydrogen-bond acceptors (Lipinski definition) is 16. The van der Waals surface area contributed by atoms with Gasteiger partial charge in [0.15, 0.2) is 0 Å². The van der Waals surface area contributed by atoms with E-state index < -0.39 is 41.1 Å². The Labute approximate surface area is 587 Å². The summed E-state index contributed by atoms with van der Waals surface area (Å²) in [6.07, 6.45) is 0. The zero-order valence-corrected chi connectivity index (χ0v) is 60.5. The normalized spacial score (nSPS) is 13.5. The molecule has 14 nitrogen and oxygen atoms in total. The van der Waals surface area contributed by atoms with E-state index in [4.69, 9.17) is 38.5 Å². The van der Waals surface area contributed by atoms with Crippen LogP contribution in [-0.2, 0) is 20.2 Å². The molecule has 0 spiro atoms. The second-order valence-corrected chi connectivity index (χ2v) is 32.3. The third-order valence-electron chi connectivity index (χ3n) is 13.1. The van der Waals surface area contributed by atoms with Crippen molar-refractivity contribution in [3.05, 3.63) is 215 Å². The molecule has 82 heavy (non-hydrogen) atoms. The van der Waals surface area contributed by atoms with Crippen molar-refractivity contribution < 1.29 is 144 Å². The molecule has 0 amide bonds. The number of fused-ring (bicyclic) bond motifs is 14. The van der Waals surface area contributed by atoms with Crippen LogP contribution in [0.1, 0.15) is 22.3 Å². The van der Waals surface area contributed by atoms with Gasteiger partial charge in [-0.3, -0.25) is 0 Å². The Balaban J connectivity index is 0.00000188. The number of hydrogen-bond donors (Lipinski definition) is 0. The molecule has 6 bridgehead atoms. The zero-order valence-electron chi connectivity index (χ0n) is 43.6. The molecule has 14 rings (SSSR count). The van der Waals surface area contributed by atoms with Crippen LogP contribution in [0, 0.1) is 12.1 Å². The fourth-order valence-corrected chi connectivity index (χ4v) is 22.1. The first-order valence-corrected chi connectivity index (χ1v) is 36.8. The smallest absolute Gasteiger partial charge is 1.00 e. The van der Waals surface area contributed by atoms with Crippen molar-refractivity contribution in [2.75, 3.05) is 0 Å². The molecule has 6 heterocycles. The number of nitrogens with zero attached hydrogens (tertiary/aromatic N) is 8. The summed E-state index contributed by atoms with van der Waals surface area (Å²) >= 11 is 1.59. The van der Waals surface area contributed by atoms with Gasteiger partial charge < -0.3 is 9.11 Å². The Morgan fingerprint density at radius 2 is 0.695 bits per heavy atom. The van der Waals surface area contributed by atoms with Crippen LogP contribution in [0.5, 0.6) is 0 Å². The van der Waals surface area contributed by atoms with Crippen molar-refractivity contribution in [1.82, 2.24) is 5.11 Å². The number of halogens is 1. The molecule has 0 aliphatic carbocycles. The largest absolute Gasteiger partial charge is 1.00 e. The van der Waals surface area contributed by atoms with Gasteiger partial charge in [-0.1, -0.05) is 0 Å². The number of amidine groups is 4. The van der Waals surface area contributed by atoms with Crippen molar-refractivity contribution in [2.24, 2.45) is 30.0 Å². The minimum absolute atomic E-state index is 0. The summed E-state index contributed by atoms with van der Waals surface area (Å²) in [7, 11) is -1.05. The Morgan fingerprint density at radius 3 is 1.02 bits per heavy atom. The van der Waals surface area contributed by atoms with Gasteiger partial charge in [0.1, 0.15) is 0 Å². The van der Waals surface area contributed by atoms with Gasteiger partial charge in [-0.25, -0.2) is 16.8 Å². The van der Waals surface area contributed by atoms with E-state index in [9.17, 15) is 25.9 Å². The number of rotatable bonds is 10. The summed E-state index contributed by atoms with van der Waals surface area (Å²) in [5, 5.41) is 3.08. The number of aliphatic imine (C=N–C) groups is 4. The number of aromatic nitrogens is 2. The third kappa shape index (κ3) is 11.6. The van der Waals surface area contributed by atoms with Crippen LogP contribution in [0.25, 0.3) is 21.5 Å². The maximum atomic E-state index is 12.0.